The molecule has 0 aliphatic rings. The molecule has 0 unspecified atom stereocenters. The van der Waals surface area contributed by atoms with Crippen LogP contribution in [0.25, 0.3) is 0 Å². The van der Waals surface area contributed by atoms with Crippen molar-refractivity contribution in [2.24, 2.45) is 0 Å². The fourth-order valence-corrected chi connectivity index (χ4v) is 2.01. The molecular weight excluding hydrogens is 320 g/mol. The number of aromatic nitrogens is 2. The summed E-state index contributed by atoms with van der Waals surface area (Å²) in [4.78, 5) is 20.3. The second kappa shape index (κ2) is 6.47. The minimum atomic E-state index is -0.276. The van der Waals surface area contributed by atoms with E-state index in [2.05, 4.69) is 36.5 Å². The topological polar surface area (TPSA) is 66.9 Å². The lowest BCUT2D eigenvalue weighted by Gasteiger charge is -2.09. The van der Waals surface area contributed by atoms with E-state index < -0.39 is 0 Å². The molecule has 2 N–H and O–H groups in total. The van der Waals surface area contributed by atoms with E-state index in [9.17, 15) is 4.79 Å². The molecule has 1 heterocycles. The Bertz CT molecular complexity index is 613. The SMILES string of the molecule is CCNc1cnc(C(=O)Nc2cccc(Br)c2C)cn1. The van der Waals surface area contributed by atoms with E-state index in [-0.39, 0.29) is 11.6 Å². The van der Waals surface area contributed by atoms with Crippen LogP contribution in [-0.4, -0.2) is 22.4 Å². The number of amides is 1. The summed E-state index contributed by atoms with van der Waals surface area (Å²) in [6, 6.07) is 5.64. The van der Waals surface area contributed by atoms with Gasteiger partial charge >= 0.3 is 0 Å². The van der Waals surface area contributed by atoms with Crippen molar-refractivity contribution < 1.29 is 4.79 Å². The normalized spacial score (nSPS) is 10.2. The number of nitrogens with one attached hydrogen (secondary N) is 2. The Labute approximate surface area is 126 Å². The molecule has 20 heavy (non-hydrogen) atoms. The van der Waals surface area contributed by atoms with Crippen LogP contribution in [-0.2, 0) is 0 Å². The zero-order valence-electron chi connectivity index (χ0n) is 11.3. The molecule has 0 aliphatic heterocycles. The lowest BCUT2D eigenvalue weighted by Crippen LogP contribution is -2.15. The van der Waals surface area contributed by atoms with Crippen LogP contribution in [0, 0.1) is 6.92 Å². The van der Waals surface area contributed by atoms with E-state index in [4.69, 9.17) is 0 Å². The van der Waals surface area contributed by atoms with Crippen LogP contribution in [0.3, 0.4) is 0 Å². The molecule has 0 spiro atoms. The lowest BCUT2D eigenvalue weighted by molar-refractivity contribution is 0.102. The number of hydrogen-bond donors (Lipinski definition) is 2. The maximum atomic E-state index is 12.1. The molecule has 0 bridgehead atoms. The van der Waals surface area contributed by atoms with Gasteiger partial charge < -0.3 is 10.6 Å². The number of benzene rings is 1. The smallest absolute Gasteiger partial charge is 0.275 e. The van der Waals surface area contributed by atoms with Gasteiger partial charge in [0.15, 0.2) is 0 Å². The molecule has 0 radical (unpaired) electrons. The first kappa shape index (κ1) is 14.5. The van der Waals surface area contributed by atoms with Crippen LogP contribution in [0.4, 0.5) is 11.5 Å². The van der Waals surface area contributed by atoms with Crippen LogP contribution in [0.15, 0.2) is 35.1 Å². The quantitative estimate of drug-likeness (QED) is 0.900. The summed E-state index contributed by atoms with van der Waals surface area (Å²) in [5.74, 6) is 0.379. The van der Waals surface area contributed by atoms with Crippen molar-refractivity contribution in [1.29, 1.82) is 0 Å². The molecule has 0 saturated carbocycles. The Balaban J connectivity index is 2.13. The average molecular weight is 335 g/mol. The summed E-state index contributed by atoms with van der Waals surface area (Å²) in [6.45, 7) is 4.66. The van der Waals surface area contributed by atoms with Crippen LogP contribution in [0.2, 0.25) is 0 Å². The van der Waals surface area contributed by atoms with E-state index in [1.807, 2.05) is 32.0 Å². The van der Waals surface area contributed by atoms with Crippen molar-refractivity contribution >= 4 is 33.3 Å². The number of halogens is 1. The molecule has 2 rings (SSSR count). The van der Waals surface area contributed by atoms with E-state index in [1.54, 1.807) is 6.20 Å². The van der Waals surface area contributed by atoms with Crippen molar-refractivity contribution in [3.05, 3.63) is 46.3 Å². The van der Waals surface area contributed by atoms with Gasteiger partial charge in [-0.3, -0.25) is 4.79 Å². The largest absolute Gasteiger partial charge is 0.369 e. The zero-order valence-corrected chi connectivity index (χ0v) is 12.9. The molecule has 0 saturated heterocycles. The van der Waals surface area contributed by atoms with Crippen LogP contribution in [0.5, 0.6) is 0 Å². The highest BCUT2D eigenvalue weighted by atomic mass is 79.9. The minimum Gasteiger partial charge on any atom is -0.369 e. The third-order valence-electron chi connectivity index (χ3n) is 2.76. The lowest BCUT2D eigenvalue weighted by atomic mass is 10.2. The average Bonchev–Trinajstić information content (AvgIpc) is 2.45. The summed E-state index contributed by atoms with van der Waals surface area (Å²) in [5, 5.41) is 5.86. The molecule has 104 valence electrons. The van der Waals surface area contributed by atoms with Crippen molar-refractivity contribution in [2.75, 3.05) is 17.2 Å². The van der Waals surface area contributed by atoms with Crippen molar-refractivity contribution in [2.45, 2.75) is 13.8 Å². The molecule has 1 aromatic heterocycles. The molecule has 1 amide bonds. The van der Waals surface area contributed by atoms with Crippen molar-refractivity contribution in [3.8, 4) is 0 Å². The number of hydrogen-bond acceptors (Lipinski definition) is 4. The zero-order chi connectivity index (χ0) is 14.5. The predicted octanol–water partition coefficient (Wildman–Crippen LogP) is 3.23. The molecular formula is C14H15BrN4O. The number of nitrogens with zero attached hydrogens (tertiary/aromatic N) is 2. The second-order valence-corrected chi connectivity index (χ2v) is 5.04. The van der Waals surface area contributed by atoms with E-state index in [0.29, 0.717) is 5.82 Å². The number of anilines is 2. The standard InChI is InChI=1S/C14H15BrN4O/c1-3-16-13-8-17-12(7-18-13)14(20)19-11-6-4-5-10(15)9(11)2/h4-8H,3H2,1-2H3,(H,16,18)(H,19,20). The van der Waals surface area contributed by atoms with Gasteiger partial charge in [-0.25, -0.2) is 9.97 Å². The van der Waals surface area contributed by atoms with Crippen molar-refractivity contribution in [3.63, 3.8) is 0 Å². The highest BCUT2D eigenvalue weighted by Gasteiger charge is 2.10. The van der Waals surface area contributed by atoms with Gasteiger partial charge in [-0.1, -0.05) is 22.0 Å². The van der Waals surface area contributed by atoms with Gasteiger partial charge in [-0.15, -0.1) is 0 Å². The molecule has 6 heteroatoms. The first-order valence-electron chi connectivity index (χ1n) is 6.24. The minimum absolute atomic E-state index is 0.276. The van der Waals surface area contributed by atoms with Gasteiger partial charge in [-0.2, -0.15) is 0 Å². The number of rotatable bonds is 4. The van der Waals surface area contributed by atoms with Gasteiger partial charge in [-0.05, 0) is 31.5 Å². The van der Waals surface area contributed by atoms with E-state index in [1.165, 1.54) is 6.20 Å². The Morgan fingerprint density at radius 2 is 2.10 bits per heavy atom. The second-order valence-electron chi connectivity index (χ2n) is 4.18. The molecule has 1 aromatic carbocycles. The summed E-state index contributed by atoms with van der Waals surface area (Å²) in [5.41, 5.74) is 2.01. The molecule has 0 fully saturated rings. The van der Waals surface area contributed by atoms with Crippen LogP contribution in [0.1, 0.15) is 23.0 Å². The molecule has 5 nitrogen and oxygen atoms in total. The summed E-state index contributed by atoms with van der Waals surface area (Å²) < 4.78 is 0.948. The highest BCUT2D eigenvalue weighted by Crippen LogP contribution is 2.23. The molecule has 0 aliphatic carbocycles. The Morgan fingerprint density at radius 1 is 1.30 bits per heavy atom. The van der Waals surface area contributed by atoms with Crippen molar-refractivity contribution in [1.82, 2.24) is 9.97 Å². The summed E-state index contributed by atoms with van der Waals surface area (Å²) >= 11 is 3.43. The van der Waals surface area contributed by atoms with Gasteiger partial charge in [0, 0.05) is 16.7 Å². The highest BCUT2D eigenvalue weighted by molar-refractivity contribution is 9.10. The fourth-order valence-electron chi connectivity index (χ4n) is 1.65. The van der Waals surface area contributed by atoms with Gasteiger partial charge in [0.25, 0.3) is 5.91 Å². The Morgan fingerprint density at radius 3 is 2.75 bits per heavy atom. The predicted molar refractivity (Wildman–Crippen MR) is 83.0 cm³/mol. The van der Waals surface area contributed by atoms with Gasteiger partial charge in [0.1, 0.15) is 11.5 Å². The summed E-state index contributed by atoms with van der Waals surface area (Å²) in [6.07, 6.45) is 3.01. The van der Waals surface area contributed by atoms with Gasteiger partial charge in [0.2, 0.25) is 0 Å². The van der Waals surface area contributed by atoms with Crippen LogP contribution >= 0.6 is 15.9 Å². The third-order valence-corrected chi connectivity index (χ3v) is 3.62. The van der Waals surface area contributed by atoms with E-state index in [0.717, 1.165) is 22.3 Å². The number of carbonyl (C=O) groups excluding carboxylic acids is 1. The van der Waals surface area contributed by atoms with E-state index >= 15 is 0 Å². The summed E-state index contributed by atoms with van der Waals surface area (Å²) in [7, 11) is 0. The molecule has 2 aromatic rings. The monoisotopic (exact) mass is 334 g/mol. The van der Waals surface area contributed by atoms with Gasteiger partial charge in [0.05, 0.1) is 12.4 Å². The first-order chi connectivity index (χ1) is 9.61. The maximum Gasteiger partial charge on any atom is 0.275 e. The Kier molecular flexibility index (Phi) is 4.68. The fraction of sp³-hybridized carbons (Fsp3) is 0.214. The first-order valence-corrected chi connectivity index (χ1v) is 7.03. The number of carbonyl (C=O) groups is 1. The molecule has 0 atom stereocenters. The maximum absolute atomic E-state index is 12.1. The Hall–Kier alpha value is -1.95. The third kappa shape index (κ3) is 3.33. The van der Waals surface area contributed by atoms with Crippen LogP contribution < -0.4 is 10.6 Å².